The number of hydrogen-bond acceptors (Lipinski definition) is 22. The number of amides is 1. The Morgan fingerprint density at radius 1 is 0.383 bits per heavy atom. The minimum atomic E-state index is 0.110. The molecular formula is C110H174N12O11. The van der Waals surface area contributed by atoms with Crippen molar-refractivity contribution in [2.75, 3.05) is 282 Å². The van der Waals surface area contributed by atoms with Crippen molar-refractivity contribution in [1.82, 2.24) is 29.4 Å². The molecule has 0 N–H and O–H groups in total. The van der Waals surface area contributed by atoms with Crippen molar-refractivity contribution in [2.24, 2.45) is 0 Å². The van der Waals surface area contributed by atoms with E-state index in [0.29, 0.717) is 30.3 Å². The van der Waals surface area contributed by atoms with Gasteiger partial charge in [0.25, 0.3) is 0 Å². The predicted molar refractivity (Wildman–Crippen MR) is 551 cm³/mol. The van der Waals surface area contributed by atoms with Crippen molar-refractivity contribution in [3.63, 3.8) is 0 Å². The van der Waals surface area contributed by atoms with E-state index in [4.69, 9.17) is 47.4 Å². The van der Waals surface area contributed by atoms with E-state index in [2.05, 4.69) is 322 Å². The zero-order valence-corrected chi connectivity index (χ0v) is 87.5. The van der Waals surface area contributed by atoms with Crippen molar-refractivity contribution in [2.45, 2.75) is 227 Å². The van der Waals surface area contributed by atoms with Crippen LogP contribution in [0.2, 0.25) is 0 Å². The van der Waals surface area contributed by atoms with Crippen molar-refractivity contribution in [1.29, 1.82) is 0 Å². The number of carbonyl (C=O) groups excluding carboxylic acids is 1. The molecule has 10 fully saturated rings. The summed E-state index contributed by atoms with van der Waals surface area (Å²) in [6.07, 6.45) is 3.40. The van der Waals surface area contributed by atoms with E-state index >= 15 is 0 Å². The number of morpholine rings is 2. The highest BCUT2D eigenvalue weighted by molar-refractivity contribution is 5.74. The number of benzene rings is 6. The first-order chi connectivity index (χ1) is 62.8. The summed E-state index contributed by atoms with van der Waals surface area (Å²) in [4.78, 5) is 40.3. The van der Waals surface area contributed by atoms with Gasteiger partial charge in [-0.15, -0.1) is 0 Å². The fourth-order valence-electron chi connectivity index (χ4n) is 18.9. The normalized spacial score (nSPS) is 20.5. The molecule has 133 heavy (non-hydrogen) atoms. The summed E-state index contributed by atoms with van der Waals surface area (Å²) < 4.78 is 56.3. The smallest absolute Gasteiger partial charge is 0.219 e. The fraction of sp³-hybridized carbons (Fsp3) is 0.664. The van der Waals surface area contributed by atoms with Gasteiger partial charge < -0.3 is 86.6 Å². The number of fused-ring (bicyclic) bond motifs is 1. The number of hydrogen-bond donors (Lipinski definition) is 0. The third-order valence-electron chi connectivity index (χ3n) is 28.0. The maximum atomic E-state index is 11.4. The maximum Gasteiger partial charge on any atom is 0.219 e. The van der Waals surface area contributed by atoms with Crippen molar-refractivity contribution < 1.29 is 52.2 Å². The van der Waals surface area contributed by atoms with Gasteiger partial charge >= 0.3 is 0 Å². The molecule has 9 heterocycles. The molecule has 1 saturated carbocycles. The van der Waals surface area contributed by atoms with Crippen LogP contribution in [0.5, 0.6) is 28.7 Å². The minimum absolute atomic E-state index is 0.110. The van der Waals surface area contributed by atoms with Crippen LogP contribution < -0.4 is 53.1 Å². The van der Waals surface area contributed by atoms with Crippen LogP contribution in [0.1, 0.15) is 192 Å². The van der Waals surface area contributed by atoms with Gasteiger partial charge in [-0.2, -0.15) is 0 Å². The van der Waals surface area contributed by atoms with E-state index in [-0.39, 0.29) is 43.9 Å². The van der Waals surface area contributed by atoms with E-state index in [1.165, 1.54) is 74.7 Å². The Morgan fingerprint density at radius 3 is 1.11 bits per heavy atom. The molecule has 2 atom stereocenters. The Labute approximate surface area is 803 Å². The van der Waals surface area contributed by atoms with E-state index in [0.717, 1.165) is 238 Å². The first kappa shape index (κ1) is 106. The Kier molecular flexibility index (Phi) is 37.0. The predicted octanol–water partition coefficient (Wildman–Crippen LogP) is 17.0. The molecule has 0 bridgehead atoms. The Bertz CT molecular complexity index is 4580. The number of carbonyl (C=O) groups is 1. The average molecular weight is 1840 g/mol. The summed E-state index contributed by atoms with van der Waals surface area (Å²) >= 11 is 0. The second-order valence-electron chi connectivity index (χ2n) is 45.1. The van der Waals surface area contributed by atoms with Gasteiger partial charge in [0.15, 0.2) is 0 Å². The summed E-state index contributed by atoms with van der Waals surface area (Å²) in [5.41, 5.74) is 16.2. The molecule has 0 aromatic heterocycles. The van der Waals surface area contributed by atoms with Crippen molar-refractivity contribution in [3.05, 3.63) is 149 Å². The molecule has 6 aromatic carbocycles. The van der Waals surface area contributed by atoms with Gasteiger partial charge in [-0.25, -0.2) is 0 Å². The number of anilines is 6. The Hall–Kier alpha value is -7.81. The SMILES string of the molecule is CN(C)CC1CN(c2ccc(C(C)(C)C)cc2)CCO1.COc1cc(C(C)(C)C)ccc1N1CCN(C(C)=O)CC1.COc1cc(C(C)(C)C)ccc1N1CCN(C2COC2)C(C)(C)C1.COc1cc(C(C)(C)C)ccc1N1CCN(C2COC2)CC1.COc1cc(C(C)(C)C)ccc1N1CCN(CCOC2CC2)CC1.COc1cc(C(C)(C)C)ccc1N1CCN2CCOCC2C1. The quantitative estimate of drug-likeness (QED) is 0.0756. The van der Waals surface area contributed by atoms with E-state index in [1.807, 2.05) is 4.90 Å². The summed E-state index contributed by atoms with van der Waals surface area (Å²) in [5, 5.41) is 0. The first-order valence-corrected chi connectivity index (χ1v) is 49.7. The van der Waals surface area contributed by atoms with Gasteiger partial charge in [-0.1, -0.05) is 167 Å². The summed E-state index contributed by atoms with van der Waals surface area (Å²) in [6, 6.07) is 43.9. The van der Waals surface area contributed by atoms with Crippen LogP contribution in [-0.4, -0.2) is 324 Å². The average Bonchev–Trinajstić information content (AvgIpc) is 1.60. The van der Waals surface area contributed by atoms with Crippen LogP contribution in [0, 0.1) is 0 Å². The van der Waals surface area contributed by atoms with E-state index in [9.17, 15) is 4.79 Å². The van der Waals surface area contributed by atoms with Gasteiger partial charge in [0.2, 0.25) is 5.91 Å². The lowest BCUT2D eigenvalue weighted by molar-refractivity contribution is -0.129. The molecular weight excluding hydrogens is 1670 g/mol. The lowest BCUT2D eigenvalue weighted by atomic mass is 9.86. The molecule has 23 heteroatoms. The number of piperazine rings is 5. The summed E-state index contributed by atoms with van der Waals surface area (Å²) in [6.45, 7) is 76.8. The number of ether oxygens (including phenoxy) is 10. The zero-order chi connectivity index (χ0) is 96.5. The van der Waals surface area contributed by atoms with E-state index in [1.54, 1.807) is 42.5 Å². The van der Waals surface area contributed by atoms with Crippen LogP contribution in [0.25, 0.3) is 0 Å². The van der Waals surface area contributed by atoms with Crippen molar-refractivity contribution in [3.8, 4) is 28.7 Å². The van der Waals surface area contributed by atoms with Gasteiger partial charge in [0.05, 0.1) is 147 Å². The summed E-state index contributed by atoms with van der Waals surface area (Å²) in [5.74, 6) is 5.03. The highest BCUT2D eigenvalue weighted by Crippen LogP contribution is 2.43. The molecule has 9 saturated heterocycles. The summed E-state index contributed by atoms with van der Waals surface area (Å²) in [7, 11) is 13.0. The first-order valence-electron chi connectivity index (χ1n) is 49.7. The molecule has 23 nitrogen and oxygen atoms in total. The number of rotatable bonds is 19. The third-order valence-corrected chi connectivity index (χ3v) is 28.0. The molecule has 0 spiro atoms. The number of nitrogens with zero attached hydrogens (tertiary/aromatic N) is 12. The molecule has 16 rings (SSSR count). The lowest BCUT2D eigenvalue weighted by Gasteiger charge is -2.53. The molecule has 740 valence electrons. The third kappa shape index (κ3) is 29.6. The standard InChI is InChI=1S/2C20H32N2O2.2C18H28N2O2.C17H26N2O2.C17H28N2O/c1-19(2,3)15-7-8-17(18(11-15)23-6)21-9-10-22(16-12-24-13-16)20(4,5)14-21;1-20(2,3)16-5-8-18(19(15-16)23-4)22-11-9-21(10-12-22)13-14-24-17-6-7-17;1-18(2,3)14-5-6-16(17(11-14)21-4)20-9-7-19(8-10-20)15-12-22-13-15;1-18(2,3)14-5-6-16(17(11-14)21-4)20-8-7-19-9-10-22-13-15(19)12-20;1-13(20)18-8-10-19(11-9-18)15-7-6-14(17(2,3)4)12-16(15)21-5;1-17(2,3)14-6-8-15(9-7-14)19-10-11-20-16(13-19)12-18(4)5/h7-8,11,16H,9-10,12-14H2,1-6H3;5,8,15,17H,6-7,9-14H2,1-4H3;2*5-6,11,15H,7-10,12-13H2,1-4H3;6-7,12H,8-11H2,1-5H3;6-9,16H,10-13H2,1-5H3. The molecule has 9 aliphatic heterocycles. The largest absolute Gasteiger partial charge is 0.495 e. The lowest BCUT2D eigenvalue weighted by Crippen LogP contribution is -2.66. The Balaban J connectivity index is 0.000000154. The Morgan fingerprint density at radius 2 is 0.744 bits per heavy atom. The van der Waals surface area contributed by atoms with E-state index < -0.39 is 0 Å². The molecule has 1 amide bonds. The highest BCUT2D eigenvalue weighted by atomic mass is 16.5. The monoisotopic (exact) mass is 1840 g/mol. The second kappa shape index (κ2) is 46.6. The molecule has 6 aromatic rings. The van der Waals surface area contributed by atoms with Gasteiger partial charge in [-0.3, -0.25) is 24.4 Å². The highest BCUT2D eigenvalue weighted by Gasteiger charge is 2.42. The number of likely N-dealkylation sites (N-methyl/N-ethyl adjacent to an activating group) is 1. The second-order valence-corrected chi connectivity index (χ2v) is 45.1. The van der Waals surface area contributed by atoms with Crippen LogP contribution >= 0.6 is 0 Å². The van der Waals surface area contributed by atoms with Gasteiger partial charge in [0.1, 0.15) is 28.7 Å². The van der Waals surface area contributed by atoms with Crippen LogP contribution in [0.4, 0.5) is 34.1 Å². The molecule has 10 aliphatic rings. The maximum absolute atomic E-state index is 11.4. The fourth-order valence-corrected chi connectivity index (χ4v) is 18.9. The van der Waals surface area contributed by atoms with Crippen molar-refractivity contribution >= 4 is 40.0 Å². The van der Waals surface area contributed by atoms with Gasteiger partial charge in [0, 0.05) is 169 Å². The van der Waals surface area contributed by atoms with Crippen LogP contribution in [0.3, 0.4) is 0 Å². The molecule has 2 unspecified atom stereocenters. The zero-order valence-electron chi connectivity index (χ0n) is 87.5. The number of methoxy groups -OCH3 is 5. The molecule has 1 aliphatic carbocycles. The van der Waals surface area contributed by atoms with Crippen LogP contribution in [0.15, 0.2) is 115 Å². The topological polar surface area (TPSA) is 148 Å². The van der Waals surface area contributed by atoms with Gasteiger partial charge in [-0.05, 0) is 179 Å². The minimum Gasteiger partial charge on any atom is -0.495 e. The molecule has 0 radical (unpaired) electrons. The van der Waals surface area contributed by atoms with Crippen LogP contribution in [-0.2, 0) is 61.0 Å².